The van der Waals surface area contributed by atoms with Crippen molar-refractivity contribution < 1.29 is 5.11 Å². The minimum atomic E-state index is 0.390. The van der Waals surface area contributed by atoms with Crippen molar-refractivity contribution in [3.05, 3.63) is 58.9 Å². The van der Waals surface area contributed by atoms with Gasteiger partial charge in [0.15, 0.2) is 5.96 Å². The number of rotatable bonds is 5. The van der Waals surface area contributed by atoms with Crippen molar-refractivity contribution in [3.63, 3.8) is 0 Å². The topological polar surface area (TPSA) is 72.8 Å². The molecule has 2 aromatic rings. The summed E-state index contributed by atoms with van der Waals surface area (Å²) in [6.45, 7) is 3.63. The first kappa shape index (κ1) is 20.7. The van der Waals surface area contributed by atoms with Gasteiger partial charge in [0.1, 0.15) is 5.75 Å². The zero-order valence-electron chi connectivity index (χ0n) is 17.9. The lowest BCUT2D eigenvalue weighted by Gasteiger charge is -2.33. The Bertz CT molecular complexity index is 859. The summed E-state index contributed by atoms with van der Waals surface area (Å²) in [7, 11) is 1.81. The van der Waals surface area contributed by atoms with Crippen molar-refractivity contribution in [3.8, 4) is 5.75 Å². The van der Waals surface area contributed by atoms with E-state index < -0.39 is 0 Å². The average molecular weight is 408 g/mol. The number of phenolic OH excluding ortho intramolecular Hbond substituents is 1. The molecule has 0 amide bonds. The van der Waals surface area contributed by atoms with E-state index in [2.05, 4.69) is 37.6 Å². The lowest BCUT2D eigenvalue weighted by molar-refractivity contribution is 0.196. The van der Waals surface area contributed by atoms with Crippen molar-refractivity contribution in [2.45, 2.75) is 57.7 Å². The van der Waals surface area contributed by atoms with E-state index in [1.54, 1.807) is 0 Å². The van der Waals surface area contributed by atoms with E-state index in [4.69, 9.17) is 0 Å². The minimum Gasteiger partial charge on any atom is -0.508 e. The number of aliphatic imine (C=N–C) groups is 1. The summed E-state index contributed by atoms with van der Waals surface area (Å²) in [5.74, 6) is 1.20. The Kier molecular flexibility index (Phi) is 6.84. The summed E-state index contributed by atoms with van der Waals surface area (Å²) in [6.07, 6.45) is 8.65. The summed E-state index contributed by atoms with van der Waals surface area (Å²) in [4.78, 5) is 11.3. The molecule has 0 radical (unpaired) electrons. The highest BCUT2D eigenvalue weighted by molar-refractivity contribution is 5.80. The van der Waals surface area contributed by atoms with Crippen LogP contribution in [0.5, 0.6) is 5.75 Å². The van der Waals surface area contributed by atoms with Gasteiger partial charge in [0.25, 0.3) is 0 Å². The van der Waals surface area contributed by atoms with Gasteiger partial charge >= 0.3 is 0 Å². The van der Waals surface area contributed by atoms with Crippen LogP contribution in [0.15, 0.2) is 41.5 Å². The van der Waals surface area contributed by atoms with Crippen LogP contribution in [0.25, 0.3) is 0 Å². The largest absolute Gasteiger partial charge is 0.508 e. The zero-order valence-corrected chi connectivity index (χ0v) is 17.9. The highest BCUT2D eigenvalue weighted by Crippen LogP contribution is 2.30. The smallest absolute Gasteiger partial charge is 0.191 e. The first-order valence-electron chi connectivity index (χ1n) is 11.1. The summed E-state index contributed by atoms with van der Waals surface area (Å²) in [6, 6.07) is 10.4. The number of nitrogens with one attached hydrogen (secondary N) is 2. The number of aryl methyl sites for hydroxylation is 1. The van der Waals surface area contributed by atoms with Crippen molar-refractivity contribution in [2.75, 3.05) is 20.1 Å². The summed E-state index contributed by atoms with van der Waals surface area (Å²) < 4.78 is 0. The highest BCUT2D eigenvalue weighted by atomic mass is 16.3. The number of aromatic nitrogens is 1. The monoisotopic (exact) mass is 407 g/mol. The Morgan fingerprint density at radius 1 is 1.17 bits per heavy atom. The zero-order chi connectivity index (χ0) is 20.8. The van der Waals surface area contributed by atoms with E-state index in [0.29, 0.717) is 18.3 Å². The number of likely N-dealkylation sites (tertiary alicyclic amines) is 1. The third-order valence-corrected chi connectivity index (χ3v) is 6.32. The molecule has 0 unspecified atom stereocenters. The summed E-state index contributed by atoms with van der Waals surface area (Å²) in [5.41, 5.74) is 4.87. The lowest BCUT2D eigenvalue weighted by atomic mass is 9.88. The molecule has 6 heteroatoms. The molecule has 1 aliphatic heterocycles. The third kappa shape index (κ3) is 5.11. The molecule has 1 aliphatic carbocycles. The predicted molar refractivity (Wildman–Crippen MR) is 121 cm³/mol. The van der Waals surface area contributed by atoms with Crippen LogP contribution in [-0.4, -0.2) is 47.1 Å². The van der Waals surface area contributed by atoms with Gasteiger partial charge < -0.3 is 15.7 Å². The van der Waals surface area contributed by atoms with Crippen LogP contribution < -0.4 is 10.6 Å². The van der Waals surface area contributed by atoms with Crippen molar-refractivity contribution in [2.24, 2.45) is 4.99 Å². The first-order chi connectivity index (χ1) is 14.7. The fourth-order valence-corrected chi connectivity index (χ4v) is 4.61. The van der Waals surface area contributed by atoms with Gasteiger partial charge in [-0.15, -0.1) is 0 Å². The quantitative estimate of drug-likeness (QED) is 0.525. The van der Waals surface area contributed by atoms with Gasteiger partial charge in [0, 0.05) is 51.0 Å². The fourth-order valence-electron chi connectivity index (χ4n) is 4.61. The second kappa shape index (κ2) is 9.94. The molecule has 1 saturated heterocycles. The van der Waals surface area contributed by atoms with Gasteiger partial charge in [-0.3, -0.25) is 14.9 Å². The molecular formula is C24H33N5O. The van der Waals surface area contributed by atoms with Gasteiger partial charge in [-0.1, -0.05) is 12.1 Å². The number of nitrogens with zero attached hydrogens (tertiary/aromatic N) is 3. The number of fused-ring (bicyclic) bond motifs is 1. The second-order valence-electron chi connectivity index (χ2n) is 8.35. The normalized spacial score (nSPS) is 18.1. The van der Waals surface area contributed by atoms with Crippen LogP contribution in [0.4, 0.5) is 0 Å². The summed E-state index contributed by atoms with van der Waals surface area (Å²) >= 11 is 0. The van der Waals surface area contributed by atoms with Crippen LogP contribution >= 0.6 is 0 Å². The number of guanidine groups is 1. The van der Waals surface area contributed by atoms with Crippen molar-refractivity contribution >= 4 is 5.96 Å². The van der Waals surface area contributed by atoms with Gasteiger partial charge in [-0.05, 0) is 67.9 Å². The molecule has 1 aromatic carbocycles. The Morgan fingerprint density at radius 2 is 2.00 bits per heavy atom. The first-order valence-corrected chi connectivity index (χ1v) is 11.1. The molecule has 0 bridgehead atoms. The maximum atomic E-state index is 10.4. The minimum absolute atomic E-state index is 0.390. The third-order valence-electron chi connectivity index (χ3n) is 6.32. The standard InChI is InChI=1S/C24H33N5O/c1-25-24(27-16-22-21-8-3-2-6-18(21)9-10-23(22)30)28-19-11-14-29(15-12-19)17-20-7-4-5-13-26-20/h4-5,7,9-10,13,19,30H,2-3,6,8,11-12,14-17H2,1H3,(H2,25,27,28). The number of aromatic hydroxyl groups is 1. The average Bonchev–Trinajstić information content (AvgIpc) is 2.79. The Morgan fingerprint density at radius 3 is 2.77 bits per heavy atom. The number of hydrogen-bond donors (Lipinski definition) is 3. The maximum absolute atomic E-state index is 10.4. The Labute approximate surface area is 179 Å². The van der Waals surface area contributed by atoms with E-state index in [9.17, 15) is 5.11 Å². The van der Waals surface area contributed by atoms with E-state index in [-0.39, 0.29) is 0 Å². The van der Waals surface area contributed by atoms with Gasteiger partial charge in [0.05, 0.1) is 5.69 Å². The predicted octanol–water partition coefficient (Wildman–Crippen LogP) is 3.00. The number of hydrogen-bond acceptors (Lipinski definition) is 4. The van der Waals surface area contributed by atoms with Crippen LogP contribution in [0.1, 0.15) is 48.1 Å². The second-order valence-corrected chi connectivity index (χ2v) is 8.35. The highest BCUT2D eigenvalue weighted by Gasteiger charge is 2.21. The van der Waals surface area contributed by atoms with E-state index in [1.807, 2.05) is 31.4 Å². The lowest BCUT2D eigenvalue weighted by Crippen LogP contribution is -2.48. The molecule has 0 spiro atoms. The molecule has 160 valence electrons. The number of pyridine rings is 1. The van der Waals surface area contributed by atoms with Crippen LogP contribution in [0.3, 0.4) is 0 Å². The molecule has 30 heavy (non-hydrogen) atoms. The van der Waals surface area contributed by atoms with E-state index in [1.165, 1.54) is 24.0 Å². The van der Waals surface area contributed by atoms with Crippen LogP contribution in [-0.2, 0) is 25.9 Å². The molecule has 0 atom stereocenters. The van der Waals surface area contributed by atoms with Crippen LogP contribution in [0.2, 0.25) is 0 Å². The number of phenols is 1. The molecule has 0 saturated carbocycles. The number of benzene rings is 1. The Hall–Kier alpha value is -2.60. The molecular weight excluding hydrogens is 374 g/mol. The van der Waals surface area contributed by atoms with Crippen LogP contribution in [0, 0.1) is 0 Å². The maximum Gasteiger partial charge on any atom is 0.191 e. The van der Waals surface area contributed by atoms with Gasteiger partial charge in [-0.25, -0.2) is 0 Å². The fraction of sp³-hybridized carbons (Fsp3) is 0.500. The number of piperidine rings is 1. The van der Waals surface area contributed by atoms with Crippen molar-refractivity contribution in [1.29, 1.82) is 0 Å². The molecule has 3 N–H and O–H groups in total. The molecule has 4 rings (SSSR count). The van der Waals surface area contributed by atoms with Gasteiger partial charge in [-0.2, -0.15) is 0 Å². The molecule has 1 fully saturated rings. The van der Waals surface area contributed by atoms with E-state index in [0.717, 1.165) is 62.5 Å². The summed E-state index contributed by atoms with van der Waals surface area (Å²) in [5, 5.41) is 17.4. The molecule has 1 aromatic heterocycles. The SMILES string of the molecule is CN=C(NCc1c(O)ccc2c1CCCC2)NC1CCN(Cc2ccccn2)CC1. The van der Waals surface area contributed by atoms with Crippen molar-refractivity contribution in [1.82, 2.24) is 20.5 Å². The Balaban J connectivity index is 1.28. The molecule has 2 heterocycles. The molecule has 2 aliphatic rings. The van der Waals surface area contributed by atoms with E-state index >= 15 is 0 Å². The molecule has 6 nitrogen and oxygen atoms in total. The van der Waals surface area contributed by atoms with Gasteiger partial charge in [0.2, 0.25) is 0 Å².